The summed E-state index contributed by atoms with van der Waals surface area (Å²) in [6.07, 6.45) is 0. The van der Waals surface area contributed by atoms with Crippen LogP contribution in [0.15, 0.2) is 42.5 Å². The molecule has 2 aromatic carbocycles. The summed E-state index contributed by atoms with van der Waals surface area (Å²) in [5, 5.41) is 3.16. The molecule has 0 fully saturated rings. The summed E-state index contributed by atoms with van der Waals surface area (Å²) in [4.78, 5) is 11.8. The first-order valence-corrected chi connectivity index (χ1v) is 7.47. The minimum Gasteiger partial charge on any atom is -0.496 e. The fourth-order valence-electron chi connectivity index (χ4n) is 2.47. The third kappa shape index (κ3) is 3.97. The smallest absolute Gasteiger partial charge is 0.239 e. The van der Waals surface area contributed by atoms with Gasteiger partial charge in [-0.05, 0) is 11.6 Å². The van der Waals surface area contributed by atoms with Gasteiger partial charge in [0, 0.05) is 18.2 Å². The van der Waals surface area contributed by atoms with Gasteiger partial charge in [-0.15, -0.1) is 0 Å². The maximum atomic E-state index is 11.8. The zero-order valence-electron chi connectivity index (χ0n) is 14.0. The molecule has 6 heteroatoms. The molecule has 2 rings (SSSR count). The molecule has 0 radical (unpaired) electrons. The van der Waals surface area contributed by atoms with Crippen LogP contribution in [-0.2, 0) is 11.3 Å². The highest BCUT2D eigenvalue weighted by Crippen LogP contribution is 2.34. The number of benzene rings is 2. The van der Waals surface area contributed by atoms with Gasteiger partial charge in [0.1, 0.15) is 11.8 Å². The molecule has 0 heterocycles. The van der Waals surface area contributed by atoms with Crippen LogP contribution in [0.1, 0.15) is 17.2 Å². The van der Waals surface area contributed by atoms with E-state index in [1.54, 1.807) is 27.4 Å². The minimum absolute atomic E-state index is 0.381. The van der Waals surface area contributed by atoms with E-state index in [0.717, 1.165) is 11.1 Å². The number of ether oxygens (including phenoxy) is 3. The lowest BCUT2D eigenvalue weighted by molar-refractivity contribution is -0.120. The Morgan fingerprint density at radius 2 is 1.58 bits per heavy atom. The summed E-state index contributed by atoms with van der Waals surface area (Å²) in [6, 6.07) is 12.3. The Labute approximate surface area is 141 Å². The summed E-state index contributed by atoms with van der Waals surface area (Å²) in [7, 11) is 4.71. The van der Waals surface area contributed by atoms with E-state index in [-0.39, 0.29) is 0 Å². The number of primary amides is 1. The van der Waals surface area contributed by atoms with Crippen LogP contribution in [0.3, 0.4) is 0 Å². The molecule has 0 aliphatic heterocycles. The molecule has 24 heavy (non-hydrogen) atoms. The Kier molecular flexibility index (Phi) is 6.03. The molecule has 0 unspecified atom stereocenters. The van der Waals surface area contributed by atoms with Crippen LogP contribution in [-0.4, -0.2) is 27.2 Å². The van der Waals surface area contributed by atoms with Gasteiger partial charge in [-0.1, -0.05) is 30.3 Å². The lowest BCUT2D eigenvalue weighted by Crippen LogP contribution is -2.33. The maximum Gasteiger partial charge on any atom is 0.239 e. The van der Waals surface area contributed by atoms with Gasteiger partial charge in [0.15, 0.2) is 11.5 Å². The number of rotatable bonds is 8. The van der Waals surface area contributed by atoms with Crippen molar-refractivity contribution in [2.24, 2.45) is 5.73 Å². The van der Waals surface area contributed by atoms with Crippen molar-refractivity contribution in [2.45, 2.75) is 12.6 Å². The molecule has 3 N–H and O–H groups in total. The van der Waals surface area contributed by atoms with Crippen molar-refractivity contribution in [2.75, 3.05) is 21.3 Å². The van der Waals surface area contributed by atoms with E-state index in [9.17, 15) is 4.79 Å². The molecule has 128 valence electrons. The number of hydrogen-bond acceptors (Lipinski definition) is 5. The first-order valence-electron chi connectivity index (χ1n) is 7.47. The van der Waals surface area contributed by atoms with E-state index in [1.165, 1.54) is 0 Å². The van der Waals surface area contributed by atoms with Gasteiger partial charge >= 0.3 is 0 Å². The summed E-state index contributed by atoms with van der Waals surface area (Å²) < 4.78 is 16.0. The molecule has 2 aromatic rings. The Morgan fingerprint density at radius 3 is 2.12 bits per heavy atom. The van der Waals surface area contributed by atoms with Gasteiger partial charge in [0.25, 0.3) is 0 Å². The molecule has 1 atom stereocenters. The Hall–Kier alpha value is -2.73. The van der Waals surface area contributed by atoms with Crippen molar-refractivity contribution in [3.63, 3.8) is 0 Å². The monoisotopic (exact) mass is 330 g/mol. The molecule has 0 saturated heterocycles. The zero-order valence-corrected chi connectivity index (χ0v) is 14.0. The number of nitrogens with one attached hydrogen (secondary N) is 1. The number of hydrogen-bond donors (Lipinski definition) is 2. The highest BCUT2D eigenvalue weighted by atomic mass is 16.5. The normalized spacial score (nSPS) is 11.6. The van der Waals surface area contributed by atoms with Crippen LogP contribution in [0, 0.1) is 0 Å². The number of nitrogens with two attached hydrogens (primary N) is 1. The zero-order chi connectivity index (χ0) is 17.5. The quantitative estimate of drug-likeness (QED) is 0.774. The number of methoxy groups -OCH3 is 3. The average Bonchev–Trinajstić information content (AvgIpc) is 2.61. The molecule has 0 aliphatic carbocycles. The van der Waals surface area contributed by atoms with Gasteiger partial charge < -0.3 is 19.9 Å². The fraction of sp³-hybridized carbons (Fsp3) is 0.278. The van der Waals surface area contributed by atoms with Crippen LogP contribution in [0.25, 0.3) is 0 Å². The van der Waals surface area contributed by atoms with Crippen LogP contribution in [0.2, 0.25) is 0 Å². The van der Waals surface area contributed by atoms with Crippen molar-refractivity contribution in [1.29, 1.82) is 0 Å². The van der Waals surface area contributed by atoms with Gasteiger partial charge in [-0.25, -0.2) is 0 Å². The van der Waals surface area contributed by atoms with Gasteiger partial charge in [-0.3, -0.25) is 10.1 Å². The Bertz CT molecular complexity index is 689. The van der Waals surface area contributed by atoms with Crippen molar-refractivity contribution in [1.82, 2.24) is 5.32 Å². The molecule has 0 saturated carbocycles. The van der Waals surface area contributed by atoms with E-state index >= 15 is 0 Å². The molecule has 1 amide bonds. The highest BCUT2D eigenvalue weighted by molar-refractivity contribution is 5.81. The largest absolute Gasteiger partial charge is 0.496 e. The topological polar surface area (TPSA) is 82.8 Å². The molecular weight excluding hydrogens is 308 g/mol. The van der Waals surface area contributed by atoms with Crippen LogP contribution in [0.5, 0.6) is 17.2 Å². The predicted molar refractivity (Wildman–Crippen MR) is 91.3 cm³/mol. The molecular formula is C18H22N2O4. The summed E-state index contributed by atoms with van der Waals surface area (Å²) >= 11 is 0. The van der Waals surface area contributed by atoms with Gasteiger partial charge in [0.2, 0.25) is 5.91 Å². The van der Waals surface area contributed by atoms with Gasteiger partial charge in [0.05, 0.1) is 21.3 Å². The fourth-order valence-corrected chi connectivity index (χ4v) is 2.47. The number of carbonyl (C=O) groups is 1. The van der Waals surface area contributed by atoms with E-state index < -0.39 is 11.9 Å². The van der Waals surface area contributed by atoms with E-state index in [2.05, 4.69) is 5.32 Å². The number of carbonyl (C=O) groups excluding carboxylic acids is 1. The number of amides is 1. The Morgan fingerprint density at radius 1 is 1.00 bits per heavy atom. The maximum absolute atomic E-state index is 11.8. The van der Waals surface area contributed by atoms with Crippen molar-refractivity contribution in [3.8, 4) is 17.2 Å². The third-order valence-electron chi connectivity index (χ3n) is 3.70. The van der Waals surface area contributed by atoms with E-state index in [0.29, 0.717) is 23.8 Å². The standard InChI is InChI=1S/C18H22N2O4/c1-22-14-10-16(24-3)15(23-2)9-13(14)11-20-17(18(19)21)12-7-5-4-6-8-12/h4-10,17,20H,11H2,1-3H3,(H2,19,21)/t17-/m1/s1. The summed E-state index contributed by atoms with van der Waals surface area (Å²) in [5.41, 5.74) is 7.17. The van der Waals surface area contributed by atoms with Crippen LogP contribution in [0.4, 0.5) is 0 Å². The van der Waals surface area contributed by atoms with Gasteiger partial charge in [-0.2, -0.15) is 0 Å². The van der Waals surface area contributed by atoms with Crippen molar-refractivity contribution < 1.29 is 19.0 Å². The van der Waals surface area contributed by atoms with Crippen LogP contribution < -0.4 is 25.3 Å². The average molecular weight is 330 g/mol. The minimum atomic E-state index is -0.594. The molecule has 0 bridgehead atoms. The second-order valence-electron chi connectivity index (χ2n) is 5.15. The van der Waals surface area contributed by atoms with Crippen molar-refractivity contribution >= 4 is 5.91 Å². The SMILES string of the molecule is COc1cc(OC)c(OC)cc1CN[C@@H](C(N)=O)c1ccccc1. The third-order valence-corrected chi connectivity index (χ3v) is 3.70. The Balaban J connectivity index is 2.24. The molecule has 0 aliphatic rings. The molecule has 0 aromatic heterocycles. The first-order chi connectivity index (χ1) is 11.6. The molecule has 0 spiro atoms. The van der Waals surface area contributed by atoms with E-state index in [1.807, 2.05) is 36.4 Å². The second-order valence-corrected chi connectivity index (χ2v) is 5.15. The summed E-state index contributed by atoms with van der Waals surface area (Å²) in [6.45, 7) is 0.381. The second kappa shape index (κ2) is 8.21. The lowest BCUT2D eigenvalue weighted by atomic mass is 10.1. The lowest BCUT2D eigenvalue weighted by Gasteiger charge is -2.18. The van der Waals surface area contributed by atoms with E-state index in [4.69, 9.17) is 19.9 Å². The van der Waals surface area contributed by atoms with Crippen LogP contribution >= 0.6 is 0 Å². The molecule has 6 nitrogen and oxygen atoms in total. The first kappa shape index (κ1) is 17.6. The predicted octanol–water partition coefficient (Wildman–Crippen LogP) is 2.03. The van der Waals surface area contributed by atoms with Crippen molar-refractivity contribution in [3.05, 3.63) is 53.6 Å². The highest BCUT2D eigenvalue weighted by Gasteiger charge is 2.18. The summed E-state index contributed by atoms with van der Waals surface area (Å²) in [5.74, 6) is 1.36.